The van der Waals surface area contributed by atoms with Gasteiger partial charge >= 0.3 is 6.03 Å². The summed E-state index contributed by atoms with van der Waals surface area (Å²) in [5.74, 6) is 0. The molecule has 2 aliphatic rings. The molecule has 2 fully saturated rings. The van der Waals surface area contributed by atoms with E-state index >= 15 is 0 Å². The lowest BCUT2D eigenvalue weighted by Crippen LogP contribution is -2.39. The lowest BCUT2D eigenvalue weighted by molar-refractivity contribution is 0.201. The van der Waals surface area contributed by atoms with Gasteiger partial charge in [0.2, 0.25) is 0 Å². The third kappa shape index (κ3) is 1.63. The third-order valence-electron chi connectivity index (χ3n) is 2.97. The lowest BCUT2D eigenvalue weighted by atomic mass is 10.2. The van der Waals surface area contributed by atoms with Crippen molar-refractivity contribution in [2.75, 3.05) is 19.6 Å². The second-order valence-corrected chi connectivity index (χ2v) is 3.85. The predicted octanol–water partition coefficient (Wildman–Crippen LogP) is 0.152. The highest BCUT2D eigenvalue weighted by Crippen LogP contribution is 2.15. The standard InChI is InChI=1S/C9H17N3O/c1-2-7-6-12(9(13)11-7)8-3-4-10-5-8/h7-8,10H,2-6H2,1H3,(H,11,13). The van der Waals surface area contributed by atoms with E-state index in [4.69, 9.17) is 0 Å². The minimum atomic E-state index is 0.126. The number of hydrogen-bond donors (Lipinski definition) is 2. The molecule has 13 heavy (non-hydrogen) atoms. The van der Waals surface area contributed by atoms with E-state index in [1.54, 1.807) is 0 Å². The Labute approximate surface area is 78.7 Å². The number of nitrogens with one attached hydrogen (secondary N) is 2. The smallest absolute Gasteiger partial charge is 0.318 e. The molecule has 0 spiro atoms. The molecule has 0 aromatic carbocycles. The van der Waals surface area contributed by atoms with E-state index in [0.717, 1.165) is 32.5 Å². The Morgan fingerprint density at radius 2 is 2.46 bits per heavy atom. The molecule has 2 atom stereocenters. The summed E-state index contributed by atoms with van der Waals surface area (Å²) in [6, 6.07) is 0.921. The van der Waals surface area contributed by atoms with Crippen molar-refractivity contribution in [3.05, 3.63) is 0 Å². The number of carbonyl (C=O) groups excluding carboxylic acids is 1. The van der Waals surface area contributed by atoms with Gasteiger partial charge in [-0.2, -0.15) is 0 Å². The highest BCUT2D eigenvalue weighted by molar-refractivity contribution is 5.77. The van der Waals surface area contributed by atoms with Crippen molar-refractivity contribution < 1.29 is 4.79 Å². The van der Waals surface area contributed by atoms with Crippen LogP contribution in [0.4, 0.5) is 4.79 Å². The molecule has 2 rings (SSSR count). The summed E-state index contributed by atoms with van der Waals surface area (Å²) >= 11 is 0. The van der Waals surface area contributed by atoms with E-state index in [9.17, 15) is 4.79 Å². The number of urea groups is 1. The molecule has 4 nitrogen and oxygen atoms in total. The summed E-state index contributed by atoms with van der Waals surface area (Å²) in [5, 5.41) is 6.27. The fourth-order valence-corrected chi connectivity index (χ4v) is 2.08. The van der Waals surface area contributed by atoms with Gasteiger partial charge in [0.25, 0.3) is 0 Å². The van der Waals surface area contributed by atoms with Crippen LogP contribution in [0, 0.1) is 0 Å². The van der Waals surface area contributed by atoms with E-state index in [-0.39, 0.29) is 6.03 Å². The van der Waals surface area contributed by atoms with Crippen molar-refractivity contribution in [1.82, 2.24) is 15.5 Å². The Morgan fingerprint density at radius 3 is 3.00 bits per heavy atom. The fourth-order valence-electron chi connectivity index (χ4n) is 2.08. The van der Waals surface area contributed by atoms with Crippen LogP contribution in [0.1, 0.15) is 19.8 Å². The first-order valence-electron chi connectivity index (χ1n) is 5.09. The first kappa shape index (κ1) is 8.81. The van der Waals surface area contributed by atoms with Crippen LogP contribution in [0.2, 0.25) is 0 Å². The van der Waals surface area contributed by atoms with Crippen LogP contribution in [0.5, 0.6) is 0 Å². The minimum Gasteiger partial charge on any atom is -0.333 e. The number of carbonyl (C=O) groups is 1. The Bertz CT molecular complexity index is 201. The minimum absolute atomic E-state index is 0.126. The molecule has 0 aromatic rings. The monoisotopic (exact) mass is 183 g/mol. The molecule has 0 aliphatic carbocycles. The molecule has 2 aliphatic heterocycles. The Hall–Kier alpha value is -0.770. The van der Waals surface area contributed by atoms with Gasteiger partial charge in [-0.25, -0.2) is 4.79 Å². The van der Waals surface area contributed by atoms with Crippen molar-refractivity contribution in [2.24, 2.45) is 0 Å². The van der Waals surface area contributed by atoms with Crippen molar-refractivity contribution in [3.63, 3.8) is 0 Å². The average Bonchev–Trinajstić information content (AvgIpc) is 2.72. The van der Waals surface area contributed by atoms with E-state index in [0.29, 0.717) is 12.1 Å². The Kier molecular flexibility index (Phi) is 2.40. The third-order valence-corrected chi connectivity index (χ3v) is 2.97. The second kappa shape index (κ2) is 3.54. The second-order valence-electron chi connectivity index (χ2n) is 3.85. The van der Waals surface area contributed by atoms with Crippen LogP contribution in [-0.2, 0) is 0 Å². The average molecular weight is 183 g/mol. The van der Waals surface area contributed by atoms with Crippen molar-refractivity contribution >= 4 is 6.03 Å². The van der Waals surface area contributed by atoms with Crippen molar-refractivity contribution in [1.29, 1.82) is 0 Å². The normalized spacial score (nSPS) is 33.9. The molecule has 2 heterocycles. The molecular weight excluding hydrogens is 166 g/mol. The largest absolute Gasteiger partial charge is 0.333 e. The van der Waals surface area contributed by atoms with E-state index in [2.05, 4.69) is 17.6 Å². The van der Waals surface area contributed by atoms with Crippen LogP contribution in [-0.4, -0.2) is 42.6 Å². The summed E-state index contributed by atoms with van der Waals surface area (Å²) in [5.41, 5.74) is 0. The van der Waals surface area contributed by atoms with E-state index in [1.807, 2.05) is 4.90 Å². The molecule has 2 saturated heterocycles. The van der Waals surface area contributed by atoms with Crippen molar-refractivity contribution in [3.8, 4) is 0 Å². The first-order chi connectivity index (χ1) is 6.31. The van der Waals surface area contributed by atoms with Crippen LogP contribution >= 0.6 is 0 Å². The Morgan fingerprint density at radius 1 is 1.62 bits per heavy atom. The maximum Gasteiger partial charge on any atom is 0.318 e. The molecule has 0 bridgehead atoms. The molecule has 0 radical (unpaired) electrons. The molecule has 2 N–H and O–H groups in total. The lowest BCUT2D eigenvalue weighted by Gasteiger charge is -2.21. The van der Waals surface area contributed by atoms with Gasteiger partial charge in [0.15, 0.2) is 0 Å². The van der Waals surface area contributed by atoms with Crippen LogP contribution < -0.4 is 10.6 Å². The highest BCUT2D eigenvalue weighted by Gasteiger charge is 2.33. The number of nitrogens with zero attached hydrogens (tertiary/aromatic N) is 1. The van der Waals surface area contributed by atoms with Crippen LogP contribution in [0.25, 0.3) is 0 Å². The van der Waals surface area contributed by atoms with Gasteiger partial charge in [0, 0.05) is 25.2 Å². The van der Waals surface area contributed by atoms with Gasteiger partial charge in [-0.15, -0.1) is 0 Å². The zero-order chi connectivity index (χ0) is 9.26. The molecular formula is C9H17N3O. The van der Waals surface area contributed by atoms with Crippen LogP contribution in [0.3, 0.4) is 0 Å². The van der Waals surface area contributed by atoms with Gasteiger partial charge in [-0.3, -0.25) is 0 Å². The molecule has 74 valence electrons. The van der Waals surface area contributed by atoms with Crippen LogP contribution in [0.15, 0.2) is 0 Å². The summed E-state index contributed by atoms with van der Waals surface area (Å²) < 4.78 is 0. The number of rotatable bonds is 2. The summed E-state index contributed by atoms with van der Waals surface area (Å²) in [6.45, 7) is 5.01. The molecule has 2 unspecified atom stereocenters. The maximum absolute atomic E-state index is 11.5. The zero-order valence-corrected chi connectivity index (χ0v) is 8.05. The van der Waals surface area contributed by atoms with E-state index in [1.165, 1.54) is 0 Å². The molecule has 2 amide bonds. The highest BCUT2D eigenvalue weighted by atomic mass is 16.2. The SMILES string of the molecule is CCC1CN(C2CCNC2)C(=O)N1. The molecule has 0 aromatic heterocycles. The van der Waals surface area contributed by atoms with Crippen molar-refractivity contribution in [2.45, 2.75) is 31.8 Å². The van der Waals surface area contributed by atoms with Gasteiger partial charge < -0.3 is 15.5 Å². The molecule has 0 saturated carbocycles. The summed E-state index contributed by atoms with van der Waals surface area (Å²) in [6.07, 6.45) is 2.13. The zero-order valence-electron chi connectivity index (χ0n) is 8.05. The fraction of sp³-hybridized carbons (Fsp3) is 0.889. The van der Waals surface area contributed by atoms with Gasteiger partial charge in [-0.05, 0) is 19.4 Å². The maximum atomic E-state index is 11.5. The Balaban J connectivity index is 1.95. The number of amides is 2. The van der Waals surface area contributed by atoms with Gasteiger partial charge in [0.05, 0.1) is 0 Å². The summed E-state index contributed by atoms with van der Waals surface area (Å²) in [4.78, 5) is 13.5. The quantitative estimate of drug-likeness (QED) is 0.640. The predicted molar refractivity (Wildman–Crippen MR) is 50.6 cm³/mol. The number of hydrogen-bond acceptors (Lipinski definition) is 2. The topological polar surface area (TPSA) is 44.4 Å². The van der Waals surface area contributed by atoms with E-state index < -0.39 is 0 Å². The molecule has 4 heteroatoms. The first-order valence-corrected chi connectivity index (χ1v) is 5.09. The van der Waals surface area contributed by atoms with Gasteiger partial charge in [-0.1, -0.05) is 6.92 Å². The van der Waals surface area contributed by atoms with Gasteiger partial charge in [0.1, 0.15) is 0 Å². The summed E-state index contributed by atoms with van der Waals surface area (Å²) in [7, 11) is 0.